The molecule has 0 saturated heterocycles. The minimum Gasteiger partial charge on any atom is -0.444 e. The molecule has 0 fully saturated rings. The second-order valence-corrected chi connectivity index (χ2v) is 8.76. The van der Waals surface area contributed by atoms with Crippen LogP contribution in [0.1, 0.15) is 11.1 Å². The van der Waals surface area contributed by atoms with Crippen molar-refractivity contribution in [1.29, 1.82) is 0 Å². The number of carbonyl (C=O) groups is 2. The molecule has 0 radical (unpaired) electrons. The number of aromatic nitrogens is 3. The molecule has 5 rings (SSSR count). The minimum atomic E-state index is -0.933. The van der Waals surface area contributed by atoms with Gasteiger partial charge in [-0.1, -0.05) is 84.8 Å². The number of nitrogens with zero attached hydrogens (tertiary/aromatic N) is 4. The van der Waals surface area contributed by atoms with Crippen molar-refractivity contribution in [2.24, 2.45) is 0 Å². The van der Waals surface area contributed by atoms with E-state index in [1.54, 1.807) is 12.4 Å². The molecule has 2 aromatic heterocycles. The number of pyridine rings is 1. The molecule has 0 atom stereocenters. The Morgan fingerprint density at radius 2 is 1.45 bits per heavy atom. The normalized spacial score (nSPS) is 10.8. The van der Waals surface area contributed by atoms with Crippen LogP contribution in [0.15, 0.2) is 91.3 Å². The number of hydrogen-bond donors (Lipinski definition) is 0. The number of hydrogen-bond acceptors (Lipinski definition) is 7. The fourth-order valence-corrected chi connectivity index (χ4v) is 4.20. The van der Waals surface area contributed by atoms with Gasteiger partial charge in [0, 0.05) is 11.9 Å². The molecule has 0 N–H and O–H groups in total. The van der Waals surface area contributed by atoms with Gasteiger partial charge in [0.25, 0.3) is 0 Å². The molecule has 9 nitrogen and oxygen atoms in total. The summed E-state index contributed by atoms with van der Waals surface area (Å²) in [5, 5.41) is 0.797. The molecule has 40 heavy (non-hydrogen) atoms. The number of carbonyl (C=O) groups excluding carboxylic acids is 2. The van der Waals surface area contributed by atoms with E-state index in [2.05, 4.69) is 15.9 Å². The average molecular weight is 535 g/mol. The van der Waals surface area contributed by atoms with Crippen molar-refractivity contribution in [2.75, 3.05) is 18.1 Å². The Hall–Kier alpha value is -5.20. The van der Waals surface area contributed by atoms with Crippen LogP contribution in [0.2, 0.25) is 0 Å². The van der Waals surface area contributed by atoms with Gasteiger partial charge in [-0.15, -0.1) is 6.42 Å². The summed E-state index contributed by atoms with van der Waals surface area (Å²) in [6.45, 7) is 0.903. The highest BCUT2D eigenvalue weighted by Gasteiger charge is 2.32. The van der Waals surface area contributed by atoms with Crippen LogP contribution < -0.4 is 4.90 Å². The van der Waals surface area contributed by atoms with Gasteiger partial charge in [0.1, 0.15) is 25.3 Å². The van der Waals surface area contributed by atoms with E-state index >= 15 is 0 Å². The third kappa shape index (κ3) is 5.93. The number of imidazole rings is 1. The standard InChI is InChI=1S/C31H26N4O5/c1-2-18-38-19-17-34-22-32-27-28(34)25-15-9-10-16-26(25)33-29(27)35(30(36)39-20-23-11-5-3-6-12-23)31(37)40-21-24-13-7-4-8-14-24/h1,3-16,22H,17-21H2. The van der Waals surface area contributed by atoms with E-state index < -0.39 is 12.2 Å². The summed E-state index contributed by atoms with van der Waals surface area (Å²) < 4.78 is 18.4. The van der Waals surface area contributed by atoms with Crippen LogP contribution >= 0.6 is 0 Å². The lowest BCUT2D eigenvalue weighted by molar-refractivity contribution is 0.127. The van der Waals surface area contributed by atoms with Gasteiger partial charge in [-0.2, -0.15) is 4.90 Å². The summed E-state index contributed by atoms with van der Waals surface area (Å²) in [6.07, 6.45) is 5.04. The molecule has 0 bridgehead atoms. The molecule has 200 valence electrons. The van der Waals surface area contributed by atoms with Crippen molar-refractivity contribution in [2.45, 2.75) is 19.8 Å². The van der Waals surface area contributed by atoms with Gasteiger partial charge in [0.2, 0.25) is 0 Å². The van der Waals surface area contributed by atoms with Crippen LogP contribution in [0.3, 0.4) is 0 Å². The van der Waals surface area contributed by atoms with E-state index in [-0.39, 0.29) is 25.6 Å². The number of amides is 2. The second-order valence-electron chi connectivity index (χ2n) is 8.76. The van der Waals surface area contributed by atoms with Crippen LogP contribution in [0.5, 0.6) is 0 Å². The third-order valence-electron chi connectivity index (χ3n) is 6.08. The summed E-state index contributed by atoms with van der Waals surface area (Å²) in [7, 11) is 0. The van der Waals surface area contributed by atoms with Gasteiger partial charge < -0.3 is 18.8 Å². The van der Waals surface area contributed by atoms with Gasteiger partial charge in [-0.3, -0.25) is 0 Å². The third-order valence-corrected chi connectivity index (χ3v) is 6.08. The maximum atomic E-state index is 13.5. The van der Waals surface area contributed by atoms with E-state index in [0.29, 0.717) is 29.7 Å². The first kappa shape index (κ1) is 26.4. The van der Waals surface area contributed by atoms with Crippen LogP contribution in [-0.2, 0) is 34.0 Å². The first-order chi connectivity index (χ1) is 19.7. The number of anilines is 1. The summed E-state index contributed by atoms with van der Waals surface area (Å²) in [5.41, 5.74) is 3.11. The quantitative estimate of drug-likeness (QED) is 0.176. The molecule has 2 amide bonds. The maximum absolute atomic E-state index is 13.5. The number of para-hydroxylation sites is 1. The molecule has 0 aliphatic carbocycles. The number of benzene rings is 3. The minimum absolute atomic E-state index is 0.00752. The molecular formula is C31H26N4O5. The lowest BCUT2D eigenvalue weighted by Crippen LogP contribution is -2.38. The Bertz CT molecular complexity index is 1610. The topological polar surface area (TPSA) is 95.8 Å². The first-order valence-corrected chi connectivity index (χ1v) is 12.6. The molecule has 3 aromatic carbocycles. The molecule has 2 heterocycles. The van der Waals surface area contributed by atoms with Crippen LogP contribution in [0.4, 0.5) is 15.4 Å². The highest BCUT2D eigenvalue weighted by atomic mass is 16.6. The Morgan fingerprint density at radius 1 is 0.850 bits per heavy atom. The smallest absolute Gasteiger partial charge is 0.425 e. The molecular weight excluding hydrogens is 508 g/mol. The summed E-state index contributed by atoms with van der Waals surface area (Å²) >= 11 is 0. The predicted octanol–water partition coefficient (Wildman–Crippen LogP) is 5.71. The largest absolute Gasteiger partial charge is 0.444 e. The van der Waals surface area contributed by atoms with Gasteiger partial charge in [0.15, 0.2) is 5.82 Å². The van der Waals surface area contributed by atoms with E-state index in [1.807, 2.05) is 83.4 Å². The Morgan fingerprint density at radius 3 is 2.08 bits per heavy atom. The van der Waals surface area contributed by atoms with Crippen molar-refractivity contribution in [3.8, 4) is 12.3 Å². The maximum Gasteiger partial charge on any atom is 0.425 e. The zero-order chi connectivity index (χ0) is 27.7. The molecule has 0 unspecified atom stereocenters. The van der Waals surface area contributed by atoms with Crippen molar-refractivity contribution in [3.05, 3.63) is 102 Å². The van der Waals surface area contributed by atoms with E-state index in [1.165, 1.54) is 0 Å². The summed E-state index contributed by atoms with van der Waals surface area (Å²) in [6, 6.07) is 25.8. The van der Waals surface area contributed by atoms with Gasteiger partial charge in [-0.25, -0.2) is 19.6 Å². The van der Waals surface area contributed by atoms with Gasteiger partial charge in [0.05, 0.1) is 24.0 Å². The molecule has 0 aliphatic rings. The van der Waals surface area contributed by atoms with E-state index in [4.69, 9.17) is 20.6 Å². The molecule has 0 spiro atoms. The van der Waals surface area contributed by atoms with Crippen LogP contribution in [-0.4, -0.2) is 39.9 Å². The summed E-state index contributed by atoms with van der Waals surface area (Å²) in [4.78, 5) is 37.0. The number of rotatable bonds is 9. The van der Waals surface area contributed by atoms with Crippen molar-refractivity contribution < 1.29 is 23.8 Å². The van der Waals surface area contributed by atoms with Crippen LogP contribution in [0, 0.1) is 12.3 Å². The SMILES string of the molecule is C#CCOCCn1cnc2c(N(C(=O)OCc3ccccc3)C(=O)OCc3ccccc3)nc3ccccc3c21. The number of fused-ring (bicyclic) bond motifs is 3. The number of ether oxygens (including phenoxy) is 3. The van der Waals surface area contributed by atoms with Crippen molar-refractivity contribution >= 4 is 39.9 Å². The Labute approximate surface area is 230 Å². The van der Waals surface area contributed by atoms with Gasteiger partial charge >= 0.3 is 12.2 Å². The molecule has 5 aromatic rings. The lowest BCUT2D eigenvalue weighted by Gasteiger charge is -2.20. The van der Waals surface area contributed by atoms with Gasteiger partial charge in [-0.05, 0) is 17.2 Å². The van der Waals surface area contributed by atoms with Crippen molar-refractivity contribution in [1.82, 2.24) is 14.5 Å². The number of imide groups is 1. The Kier molecular flexibility index (Phi) is 8.29. The average Bonchev–Trinajstić information content (AvgIpc) is 3.43. The fraction of sp³-hybridized carbons (Fsp3) is 0.161. The Balaban J connectivity index is 1.53. The monoisotopic (exact) mass is 534 g/mol. The molecule has 0 saturated carbocycles. The molecule has 0 aliphatic heterocycles. The highest BCUT2D eigenvalue weighted by Crippen LogP contribution is 2.32. The molecule has 9 heteroatoms. The number of terminal acetylenes is 1. The summed E-state index contributed by atoms with van der Waals surface area (Å²) in [5.74, 6) is 2.45. The highest BCUT2D eigenvalue weighted by molar-refractivity contribution is 6.16. The van der Waals surface area contributed by atoms with Crippen LogP contribution in [0.25, 0.3) is 21.9 Å². The van der Waals surface area contributed by atoms with E-state index in [9.17, 15) is 9.59 Å². The lowest BCUT2D eigenvalue weighted by atomic mass is 10.2. The second kappa shape index (κ2) is 12.6. The fourth-order valence-electron chi connectivity index (χ4n) is 4.20. The zero-order valence-electron chi connectivity index (χ0n) is 21.6. The van der Waals surface area contributed by atoms with Crippen molar-refractivity contribution in [3.63, 3.8) is 0 Å². The van der Waals surface area contributed by atoms with E-state index in [0.717, 1.165) is 21.4 Å². The predicted molar refractivity (Wildman–Crippen MR) is 150 cm³/mol. The first-order valence-electron chi connectivity index (χ1n) is 12.6. The zero-order valence-corrected chi connectivity index (χ0v) is 21.6.